The van der Waals surface area contributed by atoms with Crippen LogP contribution < -0.4 is 10.6 Å². The molecule has 21 heavy (non-hydrogen) atoms. The average molecular weight is 320 g/mol. The molecule has 1 saturated heterocycles. The van der Waals surface area contributed by atoms with Crippen molar-refractivity contribution in [1.82, 2.24) is 10.6 Å². The van der Waals surface area contributed by atoms with E-state index in [4.69, 9.17) is 5.11 Å². The fourth-order valence-corrected chi connectivity index (χ4v) is 4.48. The molecule has 1 atom stereocenters. The number of amides is 2. The number of carbonyl (C=O) groups is 2. The van der Waals surface area contributed by atoms with E-state index in [-0.39, 0.29) is 24.0 Å². The Balaban J connectivity index is 2.11. The van der Waals surface area contributed by atoms with Crippen molar-refractivity contribution >= 4 is 21.8 Å². The second-order valence-electron chi connectivity index (χ2n) is 5.84. The molecule has 7 nitrogen and oxygen atoms in total. The summed E-state index contributed by atoms with van der Waals surface area (Å²) >= 11 is 0. The first-order chi connectivity index (χ1) is 9.72. The van der Waals surface area contributed by atoms with E-state index in [0.717, 1.165) is 19.3 Å². The van der Waals surface area contributed by atoms with Gasteiger partial charge in [0.1, 0.15) is 0 Å². The summed E-state index contributed by atoms with van der Waals surface area (Å²) in [6, 6.07) is -0.347. The Morgan fingerprint density at radius 1 is 1.19 bits per heavy atom. The van der Waals surface area contributed by atoms with E-state index in [1.165, 1.54) is 0 Å². The molecule has 2 amide bonds. The molecule has 8 heteroatoms. The van der Waals surface area contributed by atoms with E-state index in [0.29, 0.717) is 19.4 Å². The van der Waals surface area contributed by atoms with Crippen LogP contribution >= 0.6 is 0 Å². The molecule has 3 N–H and O–H groups in total. The van der Waals surface area contributed by atoms with Crippen LogP contribution in [-0.2, 0) is 14.6 Å². The van der Waals surface area contributed by atoms with Crippen LogP contribution in [0.5, 0.6) is 0 Å². The van der Waals surface area contributed by atoms with Crippen molar-refractivity contribution < 1.29 is 23.1 Å². The van der Waals surface area contributed by atoms with E-state index >= 15 is 0 Å². The maximum absolute atomic E-state index is 11.7. The van der Waals surface area contributed by atoms with Crippen LogP contribution in [-0.4, -0.2) is 49.1 Å². The minimum Gasteiger partial charge on any atom is -0.481 e. The first-order valence-electron chi connectivity index (χ1n) is 7.21. The van der Waals surface area contributed by atoms with Gasteiger partial charge in [0.15, 0.2) is 9.84 Å². The van der Waals surface area contributed by atoms with Gasteiger partial charge in [-0.25, -0.2) is 13.2 Å². The number of rotatable bonds is 8. The highest BCUT2D eigenvalue weighted by Crippen LogP contribution is 2.22. The first-order valence-corrected chi connectivity index (χ1v) is 9.03. The number of carboxylic acid groups (broad SMARTS) is 1. The lowest BCUT2D eigenvalue weighted by molar-refractivity contribution is -0.137. The lowest BCUT2D eigenvalue weighted by Gasteiger charge is -2.23. The first kappa shape index (κ1) is 17.7. The summed E-state index contributed by atoms with van der Waals surface area (Å²) in [6.07, 6.45) is 3.74. The minimum atomic E-state index is -3.03. The summed E-state index contributed by atoms with van der Waals surface area (Å²) in [7, 11) is -3.03. The predicted molar refractivity (Wildman–Crippen MR) is 78.9 cm³/mol. The second-order valence-corrected chi connectivity index (χ2v) is 8.03. The van der Waals surface area contributed by atoms with Crippen LogP contribution in [0.3, 0.4) is 0 Å². The van der Waals surface area contributed by atoms with Crippen molar-refractivity contribution in [3.8, 4) is 0 Å². The lowest BCUT2D eigenvalue weighted by Crippen LogP contribution is -2.51. The van der Waals surface area contributed by atoms with Crippen LogP contribution in [0.4, 0.5) is 4.79 Å². The largest absolute Gasteiger partial charge is 0.481 e. The van der Waals surface area contributed by atoms with E-state index in [1.54, 1.807) is 6.92 Å². The number of unbranched alkanes of at least 4 members (excludes halogenated alkanes) is 3. The van der Waals surface area contributed by atoms with E-state index in [9.17, 15) is 18.0 Å². The molecule has 1 rings (SSSR count). The Morgan fingerprint density at radius 2 is 1.86 bits per heavy atom. The molecule has 0 aromatic heterocycles. The van der Waals surface area contributed by atoms with Crippen molar-refractivity contribution in [2.45, 2.75) is 51.0 Å². The summed E-state index contributed by atoms with van der Waals surface area (Å²) in [5.74, 6) is -0.678. The average Bonchev–Trinajstić information content (AvgIpc) is 2.61. The number of carbonyl (C=O) groups excluding carboxylic acids is 1. The van der Waals surface area contributed by atoms with Gasteiger partial charge in [-0.1, -0.05) is 12.8 Å². The van der Waals surface area contributed by atoms with Gasteiger partial charge in [-0.3, -0.25) is 4.79 Å². The van der Waals surface area contributed by atoms with Crippen molar-refractivity contribution in [2.24, 2.45) is 0 Å². The fraction of sp³-hybridized carbons (Fsp3) is 0.846. The maximum Gasteiger partial charge on any atom is 0.315 e. The zero-order chi connectivity index (χ0) is 15.9. The molecule has 1 aliphatic rings. The van der Waals surface area contributed by atoms with Gasteiger partial charge < -0.3 is 15.7 Å². The Labute approximate surface area is 125 Å². The molecule has 0 bridgehead atoms. The van der Waals surface area contributed by atoms with E-state index in [1.807, 2.05) is 0 Å². The van der Waals surface area contributed by atoms with Gasteiger partial charge in [0.05, 0.1) is 17.0 Å². The maximum atomic E-state index is 11.7. The number of nitrogens with one attached hydrogen (secondary N) is 2. The van der Waals surface area contributed by atoms with Gasteiger partial charge in [-0.15, -0.1) is 0 Å². The molecule has 1 aliphatic heterocycles. The SMILES string of the molecule is CC1(NC(=O)NCCCCCCC(=O)O)CCS(=O)(=O)C1. The van der Waals surface area contributed by atoms with Crippen molar-refractivity contribution in [3.05, 3.63) is 0 Å². The van der Waals surface area contributed by atoms with Crippen LogP contribution in [0.25, 0.3) is 0 Å². The molecule has 0 aromatic rings. The molecule has 0 radical (unpaired) electrons. The van der Waals surface area contributed by atoms with Crippen molar-refractivity contribution in [1.29, 1.82) is 0 Å². The zero-order valence-electron chi connectivity index (χ0n) is 12.4. The number of urea groups is 1. The van der Waals surface area contributed by atoms with Crippen molar-refractivity contribution in [3.63, 3.8) is 0 Å². The van der Waals surface area contributed by atoms with Gasteiger partial charge in [0, 0.05) is 13.0 Å². The number of sulfone groups is 1. The molecule has 0 aromatic carbocycles. The van der Waals surface area contributed by atoms with E-state index < -0.39 is 21.3 Å². The van der Waals surface area contributed by atoms with Crippen molar-refractivity contribution in [2.75, 3.05) is 18.1 Å². The molecule has 0 spiro atoms. The van der Waals surface area contributed by atoms with Crippen LogP contribution in [0.1, 0.15) is 45.4 Å². The summed E-state index contributed by atoms with van der Waals surface area (Å²) in [5.41, 5.74) is -0.676. The summed E-state index contributed by atoms with van der Waals surface area (Å²) in [5, 5.41) is 13.9. The predicted octanol–water partition coefficient (Wildman–Crippen LogP) is 0.898. The summed E-state index contributed by atoms with van der Waals surface area (Å²) in [6.45, 7) is 2.24. The second kappa shape index (κ2) is 7.63. The Bertz CT molecular complexity index is 477. The van der Waals surface area contributed by atoms with Gasteiger partial charge in [0.2, 0.25) is 0 Å². The Kier molecular flexibility index (Phi) is 6.44. The van der Waals surface area contributed by atoms with Crippen LogP contribution in [0.2, 0.25) is 0 Å². The minimum absolute atomic E-state index is 0.0113. The fourth-order valence-electron chi connectivity index (χ4n) is 2.38. The molecule has 1 unspecified atom stereocenters. The normalized spacial score (nSPS) is 23.7. The molecular formula is C13H24N2O5S. The molecule has 1 fully saturated rings. The number of aliphatic carboxylic acids is 1. The van der Waals surface area contributed by atoms with Gasteiger partial charge >= 0.3 is 12.0 Å². The van der Waals surface area contributed by atoms with Gasteiger partial charge in [-0.05, 0) is 26.2 Å². The van der Waals surface area contributed by atoms with Crippen LogP contribution in [0, 0.1) is 0 Å². The number of hydrogen-bond donors (Lipinski definition) is 3. The third kappa shape index (κ3) is 7.31. The topological polar surface area (TPSA) is 113 Å². The zero-order valence-corrected chi connectivity index (χ0v) is 13.2. The van der Waals surface area contributed by atoms with Crippen LogP contribution in [0.15, 0.2) is 0 Å². The highest BCUT2D eigenvalue weighted by Gasteiger charge is 2.39. The molecule has 0 saturated carbocycles. The third-order valence-corrected chi connectivity index (χ3v) is 5.42. The summed E-state index contributed by atoms with van der Waals surface area (Å²) < 4.78 is 22.8. The lowest BCUT2D eigenvalue weighted by atomic mass is 10.0. The smallest absolute Gasteiger partial charge is 0.315 e. The third-order valence-electron chi connectivity index (χ3n) is 3.52. The highest BCUT2D eigenvalue weighted by molar-refractivity contribution is 7.91. The standard InChI is InChI=1S/C13H24N2O5S/c1-13(7-9-21(19,20)10-13)15-12(18)14-8-5-3-2-4-6-11(16)17/h2-10H2,1H3,(H,16,17)(H2,14,15,18). The quantitative estimate of drug-likeness (QED) is 0.575. The van der Waals surface area contributed by atoms with E-state index in [2.05, 4.69) is 10.6 Å². The molecular weight excluding hydrogens is 296 g/mol. The Hall–Kier alpha value is -1.31. The number of carboxylic acids is 1. The number of hydrogen-bond acceptors (Lipinski definition) is 4. The molecule has 1 heterocycles. The molecule has 122 valence electrons. The highest BCUT2D eigenvalue weighted by atomic mass is 32.2. The van der Waals surface area contributed by atoms with Gasteiger partial charge in [-0.2, -0.15) is 0 Å². The Morgan fingerprint density at radius 3 is 2.43 bits per heavy atom. The molecule has 0 aliphatic carbocycles. The van der Waals surface area contributed by atoms with Gasteiger partial charge in [0.25, 0.3) is 0 Å². The summed E-state index contributed by atoms with van der Waals surface area (Å²) in [4.78, 5) is 22.0. The monoisotopic (exact) mass is 320 g/mol.